The molecule has 0 unspecified atom stereocenters. The van der Waals surface area contributed by atoms with Crippen molar-refractivity contribution < 1.29 is 18.0 Å². The molecule has 0 spiro atoms. The van der Waals surface area contributed by atoms with E-state index in [1.54, 1.807) is 30.3 Å². The summed E-state index contributed by atoms with van der Waals surface area (Å²) in [6.45, 7) is -0.254. The molecule has 212 valence electrons. The van der Waals surface area contributed by atoms with Crippen molar-refractivity contribution in [3.05, 3.63) is 101 Å². The number of carbonyl (C=O) groups excluding carboxylic acids is 2. The van der Waals surface area contributed by atoms with E-state index in [1.807, 2.05) is 54.6 Å². The van der Waals surface area contributed by atoms with Crippen molar-refractivity contribution in [1.82, 2.24) is 10.2 Å². The van der Waals surface area contributed by atoms with Gasteiger partial charge in [0.2, 0.25) is 21.8 Å². The molecule has 2 amide bonds. The van der Waals surface area contributed by atoms with Gasteiger partial charge >= 0.3 is 0 Å². The van der Waals surface area contributed by atoms with Gasteiger partial charge < -0.3 is 10.2 Å². The van der Waals surface area contributed by atoms with Crippen molar-refractivity contribution >= 4 is 43.5 Å². The highest BCUT2D eigenvalue weighted by molar-refractivity contribution is 9.10. The Hall–Kier alpha value is -3.17. The van der Waals surface area contributed by atoms with E-state index >= 15 is 0 Å². The highest BCUT2D eigenvalue weighted by Gasteiger charge is 2.34. The number of para-hydroxylation sites is 1. The quantitative estimate of drug-likeness (QED) is 0.313. The van der Waals surface area contributed by atoms with Gasteiger partial charge in [0.15, 0.2) is 0 Å². The number of hydrogen-bond acceptors (Lipinski definition) is 4. The molecule has 0 bridgehead atoms. The second kappa shape index (κ2) is 13.9. The summed E-state index contributed by atoms with van der Waals surface area (Å²) in [5.74, 6) is -0.663. The lowest BCUT2D eigenvalue weighted by atomic mass is 9.94. The van der Waals surface area contributed by atoms with Crippen LogP contribution in [-0.4, -0.2) is 50.0 Å². The number of rotatable bonds is 11. The molecule has 0 heterocycles. The van der Waals surface area contributed by atoms with E-state index in [4.69, 9.17) is 0 Å². The van der Waals surface area contributed by atoms with Gasteiger partial charge in [-0.3, -0.25) is 13.9 Å². The van der Waals surface area contributed by atoms with Gasteiger partial charge in [0.25, 0.3) is 0 Å². The molecule has 0 radical (unpaired) electrons. The molecule has 3 aromatic carbocycles. The predicted molar refractivity (Wildman–Crippen MR) is 162 cm³/mol. The zero-order chi connectivity index (χ0) is 28.5. The van der Waals surface area contributed by atoms with Gasteiger partial charge in [0.05, 0.1) is 11.9 Å². The lowest BCUT2D eigenvalue weighted by Gasteiger charge is -2.35. The van der Waals surface area contributed by atoms with E-state index in [2.05, 4.69) is 21.2 Å². The maximum absolute atomic E-state index is 14.1. The van der Waals surface area contributed by atoms with Crippen LogP contribution in [0.15, 0.2) is 89.4 Å². The minimum Gasteiger partial charge on any atom is -0.352 e. The third-order valence-corrected chi connectivity index (χ3v) is 8.88. The van der Waals surface area contributed by atoms with E-state index in [0.29, 0.717) is 12.1 Å². The van der Waals surface area contributed by atoms with Gasteiger partial charge in [-0.2, -0.15) is 0 Å². The Bertz CT molecular complexity index is 1360. The summed E-state index contributed by atoms with van der Waals surface area (Å²) in [7, 11) is -3.77. The van der Waals surface area contributed by atoms with Gasteiger partial charge in [-0.15, -0.1) is 0 Å². The molecule has 1 saturated carbocycles. The number of amides is 2. The average molecular weight is 627 g/mol. The Morgan fingerprint density at radius 2 is 1.48 bits per heavy atom. The lowest BCUT2D eigenvalue weighted by molar-refractivity contribution is -0.140. The number of nitrogens with zero attached hydrogens (tertiary/aromatic N) is 2. The summed E-state index contributed by atoms with van der Waals surface area (Å²) < 4.78 is 27.6. The maximum atomic E-state index is 14.1. The Morgan fingerprint density at radius 3 is 2.08 bits per heavy atom. The smallest absolute Gasteiger partial charge is 0.244 e. The topological polar surface area (TPSA) is 86.8 Å². The van der Waals surface area contributed by atoms with Crippen LogP contribution >= 0.6 is 15.9 Å². The van der Waals surface area contributed by atoms with Crippen molar-refractivity contribution in [3.8, 4) is 0 Å². The van der Waals surface area contributed by atoms with Gasteiger partial charge in [0, 0.05) is 23.5 Å². The monoisotopic (exact) mass is 625 g/mol. The molecule has 4 rings (SSSR count). The molecule has 0 saturated heterocycles. The average Bonchev–Trinajstić information content (AvgIpc) is 2.95. The Balaban J connectivity index is 1.70. The van der Waals surface area contributed by atoms with Crippen LogP contribution in [-0.2, 0) is 32.6 Å². The zero-order valence-electron chi connectivity index (χ0n) is 22.7. The number of hydrogen-bond donors (Lipinski definition) is 1. The van der Waals surface area contributed by atoms with Gasteiger partial charge in [-0.25, -0.2) is 8.42 Å². The third-order valence-electron chi connectivity index (χ3n) is 7.21. The molecule has 1 fully saturated rings. The number of carbonyl (C=O) groups is 2. The van der Waals surface area contributed by atoms with Crippen LogP contribution < -0.4 is 9.62 Å². The Labute approximate surface area is 245 Å². The van der Waals surface area contributed by atoms with Crippen molar-refractivity contribution in [2.75, 3.05) is 17.1 Å². The molecule has 0 aromatic heterocycles. The summed E-state index contributed by atoms with van der Waals surface area (Å²) in [5.41, 5.74) is 2.15. The lowest BCUT2D eigenvalue weighted by Crippen LogP contribution is -2.55. The fourth-order valence-corrected chi connectivity index (χ4v) is 6.21. The first-order valence-corrected chi connectivity index (χ1v) is 16.3. The molecule has 1 atom stereocenters. The zero-order valence-corrected chi connectivity index (χ0v) is 25.1. The molecule has 40 heavy (non-hydrogen) atoms. The van der Waals surface area contributed by atoms with E-state index < -0.39 is 28.5 Å². The largest absolute Gasteiger partial charge is 0.352 e. The standard InChI is InChI=1S/C31H36BrN3O4S/c1-40(38,39)35(28-15-9-4-10-16-28)23-30(36)34(22-25-17-19-26(32)20-18-25)29(21-24-11-5-2-6-12-24)31(37)33-27-13-7-3-8-14-27/h2,4-6,9-12,15-20,27,29H,3,7-8,13-14,21-23H2,1H3,(H,33,37)/t29-/m1/s1. The highest BCUT2D eigenvalue weighted by Crippen LogP contribution is 2.22. The minimum absolute atomic E-state index is 0.0704. The number of anilines is 1. The summed E-state index contributed by atoms with van der Waals surface area (Å²) in [6, 6.07) is 25.0. The molecule has 9 heteroatoms. The predicted octanol–water partition coefficient (Wildman–Crippen LogP) is 5.30. The molecular weight excluding hydrogens is 590 g/mol. The summed E-state index contributed by atoms with van der Waals surface area (Å²) in [6.07, 6.45) is 6.53. The van der Waals surface area contributed by atoms with Gasteiger partial charge in [-0.05, 0) is 48.2 Å². The van der Waals surface area contributed by atoms with Crippen LogP contribution in [0.25, 0.3) is 0 Å². The van der Waals surface area contributed by atoms with Crippen molar-refractivity contribution in [3.63, 3.8) is 0 Å². The van der Waals surface area contributed by atoms with Crippen LogP contribution in [0.3, 0.4) is 0 Å². The van der Waals surface area contributed by atoms with E-state index in [0.717, 1.165) is 58.3 Å². The molecule has 3 aromatic rings. The van der Waals surface area contributed by atoms with E-state index in [-0.39, 0.29) is 18.5 Å². The normalized spacial score (nSPS) is 14.8. The molecular formula is C31H36BrN3O4S. The molecule has 1 aliphatic rings. The fourth-order valence-electron chi connectivity index (χ4n) is 5.09. The first kappa shape index (κ1) is 29.8. The van der Waals surface area contributed by atoms with Crippen LogP contribution in [0, 0.1) is 0 Å². The number of benzene rings is 3. The minimum atomic E-state index is -3.77. The third kappa shape index (κ3) is 8.41. The summed E-state index contributed by atoms with van der Waals surface area (Å²) >= 11 is 3.45. The fraction of sp³-hybridized carbons (Fsp3) is 0.355. The Kier molecular flexibility index (Phi) is 10.4. The van der Waals surface area contributed by atoms with E-state index in [1.165, 1.54) is 4.90 Å². The van der Waals surface area contributed by atoms with Crippen LogP contribution in [0.1, 0.15) is 43.2 Å². The molecule has 0 aliphatic heterocycles. The summed E-state index contributed by atoms with van der Waals surface area (Å²) in [5, 5.41) is 3.21. The maximum Gasteiger partial charge on any atom is 0.244 e. The molecule has 7 nitrogen and oxygen atoms in total. The molecule has 1 N–H and O–H groups in total. The number of halogens is 1. The summed E-state index contributed by atoms with van der Waals surface area (Å²) in [4.78, 5) is 29.6. The number of sulfonamides is 1. The highest BCUT2D eigenvalue weighted by atomic mass is 79.9. The Morgan fingerprint density at radius 1 is 0.875 bits per heavy atom. The molecule has 1 aliphatic carbocycles. The second-order valence-corrected chi connectivity index (χ2v) is 13.1. The van der Waals surface area contributed by atoms with Gasteiger partial charge in [-0.1, -0.05) is 95.9 Å². The first-order chi connectivity index (χ1) is 19.2. The van der Waals surface area contributed by atoms with Gasteiger partial charge in [0.1, 0.15) is 12.6 Å². The van der Waals surface area contributed by atoms with Crippen molar-refractivity contribution in [2.24, 2.45) is 0 Å². The van der Waals surface area contributed by atoms with Crippen LogP contribution in [0.2, 0.25) is 0 Å². The van der Waals surface area contributed by atoms with E-state index in [9.17, 15) is 18.0 Å². The van der Waals surface area contributed by atoms with Crippen molar-refractivity contribution in [1.29, 1.82) is 0 Å². The first-order valence-electron chi connectivity index (χ1n) is 13.6. The van der Waals surface area contributed by atoms with Crippen LogP contribution in [0.4, 0.5) is 5.69 Å². The SMILES string of the molecule is CS(=O)(=O)N(CC(=O)N(Cc1ccc(Br)cc1)[C@H](Cc1ccccc1)C(=O)NC1CCCCC1)c1ccccc1. The van der Waals surface area contributed by atoms with Crippen LogP contribution in [0.5, 0.6) is 0 Å². The second-order valence-electron chi connectivity index (χ2n) is 10.3. The van der Waals surface area contributed by atoms with Crippen molar-refractivity contribution in [2.45, 2.75) is 57.2 Å². The number of nitrogens with one attached hydrogen (secondary N) is 1.